The summed E-state index contributed by atoms with van der Waals surface area (Å²) in [5, 5.41) is 3.42. The van der Waals surface area contributed by atoms with Crippen LogP contribution < -0.4 is 5.32 Å². The molecule has 4 fully saturated rings. The minimum absolute atomic E-state index is 0.000249. The Kier molecular flexibility index (Phi) is 3.31. The van der Waals surface area contributed by atoms with Gasteiger partial charge in [0, 0.05) is 17.4 Å². The van der Waals surface area contributed by atoms with Crippen LogP contribution in [0.4, 0.5) is 0 Å². The average Bonchev–Trinajstić information content (AvgIpc) is 2.96. The predicted molar refractivity (Wildman–Crippen MR) is 96.7 cm³/mol. The zero-order valence-corrected chi connectivity index (χ0v) is 14.7. The summed E-state index contributed by atoms with van der Waals surface area (Å²) >= 11 is 0. The number of carbonyl (C=O) groups excluding carboxylic acids is 1. The highest BCUT2D eigenvalue weighted by atomic mass is 16.2. The molecule has 1 heterocycles. The van der Waals surface area contributed by atoms with Gasteiger partial charge >= 0.3 is 0 Å². The highest BCUT2D eigenvalue weighted by Crippen LogP contribution is 2.55. The van der Waals surface area contributed by atoms with Gasteiger partial charge < -0.3 is 9.88 Å². The van der Waals surface area contributed by atoms with Gasteiger partial charge in [-0.1, -0.05) is 18.2 Å². The van der Waals surface area contributed by atoms with E-state index in [0.717, 1.165) is 29.3 Å². The van der Waals surface area contributed by atoms with Gasteiger partial charge in [0.15, 0.2) is 0 Å². The van der Waals surface area contributed by atoms with Crippen molar-refractivity contribution in [2.45, 2.75) is 51.0 Å². The minimum Gasteiger partial charge on any atom is -0.345 e. The summed E-state index contributed by atoms with van der Waals surface area (Å²) in [6, 6.07) is 10.1. The smallest absolute Gasteiger partial charge is 0.271 e. The molecule has 6 rings (SSSR count). The molecular weight excluding hydrogens is 310 g/mol. The number of hydrogen-bond acceptors (Lipinski definition) is 2. The summed E-state index contributed by atoms with van der Waals surface area (Å²) < 4.78 is 1.99. The molecule has 0 atom stereocenters. The van der Waals surface area contributed by atoms with Crippen molar-refractivity contribution < 1.29 is 4.79 Å². The minimum atomic E-state index is -0.000249. The third-order valence-corrected chi connectivity index (χ3v) is 6.57. The van der Waals surface area contributed by atoms with Crippen LogP contribution in [0.15, 0.2) is 36.5 Å². The number of nitrogens with zero attached hydrogens (tertiary/aromatic N) is 2. The van der Waals surface area contributed by atoms with E-state index in [-0.39, 0.29) is 11.4 Å². The highest BCUT2D eigenvalue weighted by Gasteiger charge is 2.51. The van der Waals surface area contributed by atoms with Gasteiger partial charge in [0.2, 0.25) is 0 Å². The lowest BCUT2D eigenvalue weighted by Crippen LogP contribution is -2.59. The van der Waals surface area contributed by atoms with E-state index < -0.39 is 0 Å². The predicted octanol–water partition coefficient (Wildman–Crippen LogP) is 3.88. The fourth-order valence-corrected chi connectivity index (χ4v) is 6.00. The van der Waals surface area contributed by atoms with Crippen molar-refractivity contribution in [3.05, 3.63) is 48.0 Å². The van der Waals surface area contributed by atoms with Crippen LogP contribution >= 0.6 is 0 Å². The average molecular weight is 335 g/mol. The number of imidazole rings is 1. The third kappa shape index (κ3) is 2.59. The number of aryl methyl sites for hydroxylation is 1. The van der Waals surface area contributed by atoms with Gasteiger partial charge in [-0.3, -0.25) is 4.79 Å². The number of hydrogen-bond donors (Lipinski definition) is 1. The van der Waals surface area contributed by atoms with Crippen LogP contribution in [0.2, 0.25) is 0 Å². The zero-order valence-electron chi connectivity index (χ0n) is 14.7. The second-order valence-corrected chi connectivity index (χ2v) is 8.53. The van der Waals surface area contributed by atoms with Crippen LogP contribution in [0, 0.1) is 24.7 Å². The summed E-state index contributed by atoms with van der Waals surface area (Å²) in [6.07, 6.45) is 9.54. The summed E-state index contributed by atoms with van der Waals surface area (Å²) in [6.45, 7) is 1.95. The lowest BCUT2D eigenvalue weighted by Gasteiger charge is -2.56. The topological polar surface area (TPSA) is 46.9 Å². The lowest BCUT2D eigenvalue weighted by atomic mass is 9.53. The molecular formula is C21H25N3O. The van der Waals surface area contributed by atoms with E-state index in [1.54, 1.807) is 0 Å². The molecule has 130 valence electrons. The first-order valence-electron chi connectivity index (χ1n) is 9.54. The van der Waals surface area contributed by atoms with Gasteiger partial charge in [-0.25, -0.2) is 4.98 Å². The fraction of sp³-hybridized carbons (Fsp3) is 0.524. The molecule has 1 N–H and O–H groups in total. The Morgan fingerprint density at radius 1 is 1.08 bits per heavy atom. The second kappa shape index (κ2) is 5.45. The van der Waals surface area contributed by atoms with Gasteiger partial charge in [0.25, 0.3) is 5.91 Å². The van der Waals surface area contributed by atoms with E-state index in [0.29, 0.717) is 5.69 Å². The summed E-state index contributed by atoms with van der Waals surface area (Å²) in [7, 11) is 0. The van der Waals surface area contributed by atoms with E-state index in [2.05, 4.69) is 10.3 Å². The molecule has 4 aliphatic carbocycles. The molecule has 0 unspecified atom stereocenters. The quantitative estimate of drug-likeness (QED) is 0.925. The highest BCUT2D eigenvalue weighted by molar-refractivity contribution is 5.92. The molecule has 0 spiro atoms. The number of para-hydroxylation sites is 1. The SMILES string of the molecule is Cc1nc(C(=O)NC23CC4CC(CC(C4)C2)C3)cn1-c1ccccc1. The van der Waals surface area contributed by atoms with Crippen molar-refractivity contribution >= 4 is 5.91 Å². The van der Waals surface area contributed by atoms with Gasteiger partial charge in [0.05, 0.1) is 0 Å². The van der Waals surface area contributed by atoms with Crippen LogP contribution in [-0.4, -0.2) is 21.0 Å². The summed E-state index contributed by atoms with van der Waals surface area (Å²) in [5.74, 6) is 3.34. The molecule has 4 nitrogen and oxygen atoms in total. The van der Waals surface area contributed by atoms with Gasteiger partial charge in [-0.15, -0.1) is 0 Å². The molecule has 4 aliphatic rings. The van der Waals surface area contributed by atoms with E-state index in [9.17, 15) is 4.79 Å². The molecule has 2 aromatic rings. The number of carbonyl (C=O) groups is 1. The molecule has 0 saturated heterocycles. The van der Waals surface area contributed by atoms with Gasteiger partial charge in [-0.05, 0) is 75.3 Å². The Bertz CT molecular complexity index is 773. The molecule has 4 bridgehead atoms. The van der Waals surface area contributed by atoms with Crippen LogP contribution in [0.5, 0.6) is 0 Å². The molecule has 0 radical (unpaired) electrons. The maximum absolute atomic E-state index is 12.9. The number of nitrogens with one attached hydrogen (secondary N) is 1. The number of amides is 1. The van der Waals surface area contributed by atoms with Crippen LogP contribution in [0.1, 0.15) is 54.8 Å². The second-order valence-electron chi connectivity index (χ2n) is 8.53. The van der Waals surface area contributed by atoms with Crippen molar-refractivity contribution in [3.63, 3.8) is 0 Å². The first-order chi connectivity index (χ1) is 12.1. The fourth-order valence-electron chi connectivity index (χ4n) is 6.00. The Morgan fingerprint density at radius 2 is 1.68 bits per heavy atom. The van der Waals surface area contributed by atoms with Crippen LogP contribution in [0.3, 0.4) is 0 Å². The molecule has 1 amide bonds. The van der Waals surface area contributed by atoms with E-state index in [1.807, 2.05) is 48.0 Å². The first kappa shape index (κ1) is 15.2. The normalized spacial score (nSPS) is 32.8. The zero-order chi connectivity index (χ0) is 17.0. The maximum Gasteiger partial charge on any atom is 0.271 e. The Labute approximate surface area is 148 Å². The number of benzene rings is 1. The van der Waals surface area contributed by atoms with Crippen molar-refractivity contribution in [1.29, 1.82) is 0 Å². The number of rotatable bonds is 3. The first-order valence-corrected chi connectivity index (χ1v) is 9.54. The molecule has 4 saturated carbocycles. The monoisotopic (exact) mass is 335 g/mol. The maximum atomic E-state index is 12.9. The van der Waals surface area contributed by atoms with Crippen molar-refractivity contribution in [1.82, 2.24) is 14.9 Å². The third-order valence-electron chi connectivity index (χ3n) is 6.57. The largest absolute Gasteiger partial charge is 0.345 e. The van der Waals surface area contributed by atoms with Crippen LogP contribution in [-0.2, 0) is 0 Å². The molecule has 25 heavy (non-hydrogen) atoms. The van der Waals surface area contributed by atoms with E-state index in [1.165, 1.54) is 38.5 Å². The van der Waals surface area contributed by atoms with Crippen molar-refractivity contribution in [3.8, 4) is 5.69 Å². The molecule has 0 aliphatic heterocycles. The van der Waals surface area contributed by atoms with Crippen molar-refractivity contribution in [2.24, 2.45) is 17.8 Å². The Balaban J connectivity index is 1.39. The Hall–Kier alpha value is -2.10. The Morgan fingerprint density at radius 3 is 2.28 bits per heavy atom. The van der Waals surface area contributed by atoms with Crippen molar-refractivity contribution in [2.75, 3.05) is 0 Å². The summed E-state index contributed by atoms with van der Waals surface area (Å²) in [4.78, 5) is 17.5. The van der Waals surface area contributed by atoms with E-state index >= 15 is 0 Å². The molecule has 1 aromatic carbocycles. The van der Waals surface area contributed by atoms with Crippen LogP contribution in [0.25, 0.3) is 5.69 Å². The number of aromatic nitrogens is 2. The standard InChI is InChI=1S/C21H25N3O/c1-14-22-19(13-24(14)18-5-3-2-4-6-18)20(25)23-21-10-15-7-16(11-21)9-17(8-15)12-21/h2-6,13,15-17H,7-12H2,1H3,(H,23,25). The lowest BCUT2D eigenvalue weighted by molar-refractivity contribution is -0.0167. The van der Waals surface area contributed by atoms with Gasteiger partial charge in [0.1, 0.15) is 11.5 Å². The van der Waals surface area contributed by atoms with Gasteiger partial charge in [-0.2, -0.15) is 0 Å². The molecule has 1 aromatic heterocycles. The summed E-state index contributed by atoms with van der Waals surface area (Å²) in [5.41, 5.74) is 1.62. The van der Waals surface area contributed by atoms with E-state index in [4.69, 9.17) is 0 Å². The molecule has 4 heteroatoms.